The molecule has 0 atom stereocenters. The molecule has 0 saturated heterocycles. The number of anilines is 2. The van der Waals surface area contributed by atoms with Crippen LogP contribution in [-0.2, 0) is 26.7 Å². The summed E-state index contributed by atoms with van der Waals surface area (Å²) in [4.78, 5) is 0. The van der Waals surface area contributed by atoms with Gasteiger partial charge < -0.3 is 10.2 Å². The summed E-state index contributed by atoms with van der Waals surface area (Å²) in [5.41, 5.74) is 1.85. The van der Waals surface area contributed by atoms with Crippen LogP contribution in [0.2, 0.25) is 0 Å². The maximum Gasteiger partial charge on any atom is 0.330 e. The third-order valence-corrected chi connectivity index (χ3v) is 6.71. The Bertz CT molecular complexity index is 1160. The molecule has 1 aliphatic heterocycles. The van der Waals surface area contributed by atoms with Crippen LogP contribution in [0, 0.1) is 0 Å². The van der Waals surface area contributed by atoms with E-state index in [-0.39, 0.29) is 11.4 Å². The quantitative estimate of drug-likeness (QED) is 0.664. The molecule has 0 unspecified atom stereocenters. The predicted octanol–water partition coefficient (Wildman–Crippen LogP) is 1.39. The van der Waals surface area contributed by atoms with Gasteiger partial charge in [-0.25, -0.2) is 17.4 Å². The molecule has 2 aromatic carbocycles. The van der Waals surface area contributed by atoms with Crippen LogP contribution in [-0.4, -0.2) is 40.4 Å². The van der Waals surface area contributed by atoms with E-state index in [1.54, 1.807) is 30.3 Å². The Labute approximate surface area is 163 Å². The molecule has 9 nitrogen and oxygen atoms in total. The van der Waals surface area contributed by atoms with Crippen molar-refractivity contribution in [2.24, 2.45) is 0 Å². The first-order valence-electron chi connectivity index (χ1n) is 8.06. The number of aliphatic hydroxyl groups excluding tert-OH is 1. The van der Waals surface area contributed by atoms with Gasteiger partial charge in [0.15, 0.2) is 0 Å². The highest BCUT2D eigenvalue weighted by molar-refractivity contribution is 7.92. The van der Waals surface area contributed by atoms with Crippen LogP contribution in [0.4, 0.5) is 11.4 Å². The lowest BCUT2D eigenvalue weighted by atomic mass is 10.0. The van der Waals surface area contributed by atoms with Gasteiger partial charge in [0, 0.05) is 7.05 Å². The molecule has 0 saturated carbocycles. The van der Waals surface area contributed by atoms with Crippen molar-refractivity contribution in [3.05, 3.63) is 65.7 Å². The van der Waals surface area contributed by atoms with Crippen LogP contribution in [0.25, 0.3) is 0 Å². The summed E-state index contributed by atoms with van der Waals surface area (Å²) in [7, 11) is -5.99. The lowest BCUT2D eigenvalue weighted by Crippen LogP contribution is -2.29. The number of nitrogens with one attached hydrogen (secondary N) is 1. The zero-order valence-corrected chi connectivity index (χ0v) is 16.7. The Morgan fingerprint density at radius 3 is 2.39 bits per heavy atom. The Kier molecular flexibility index (Phi) is 4.90. The van der Waals surface area contributed by atoms with Crippen molar-refractivity contribution in [3.63, 3.8) is 0 Å². The average Bonchev–Trinajstić information content (AvgIpc) is 2.86. The van der Waals surface area contributed by atoms with Crippen LogP contribution in [0.1, 0.15) is 11.1 Å². The van der Waals surface area contributed by atoms with Gasteiger partial charge in [-0.1, -0.05) is 24.3 Å². The van der Waals surface area contributed by atoms with Crippen LogP contribution >= 0.6 is 0 Å². The Balaban J connectivity index is 1.93. The maximum atomic E-state index is 11.9. The molecule has 1 heterocycles. The predicted molar refractivity (Wildman–Crippen MR) is 106 cm³/mol. The van der Waals surface area contributed by atoms with Gasteiger partial charge in [-0.2, -0.15) is 8.42 Å². The summed E-state index contributed by atoms with van der Waals surface area (Å²) in [6.07, 6.45) is 2.37. The number of benzene rings is 2. The number of aromatic hydroxyl groups is 1. The summed E-state index contributed by atoms with van der Waals surface area (Å²) >= 11 is 0. The van der Waals surface area contributed by atoms with Crippen LogP contribution in [0.15, 0.2) is 54.5 Å². The molecule has 0 aromatic heterocycles. The second kappa shape index (κ2) is 6.91. The maximum absolute atomic E-state index is 11.9. The Morgan fingerprint density at radius 2 is 1.82 bits per heavy atom. The number of hydrogen-bond acceptors (Lipinski definition) is 6. The fourth-order valence-corrected chi connectivity index (χ4v) is 4.42. The van der Waals surface area contributed by atoms with E-state index in [2.05, 4.69) is 0 Å². The lowest BCUT2D eigenvalue weighted by molar-refractivity contribution is 0.392. The van der Waals surface area contributed by atoms with Gasteiger partial charge in [0.05, 0.1) is 18.1 Å². The second-order valence-corrected chi connectivity index (χ2v) is 9.84. The lowest BCUT2D eigenvalue weighted by Gasteiger charge is -2.20. The molecule has 0 spiro atoms. The van der Waals surface area contributed by atoms with E-state index < -0.39 is 26.1 Å². The fraction of sp³-hybridized carbons (Fsp3) is 0.176. The van der Waals surface area contributed by atoms with Crippen molar-refractivity contribution in [3.8, 4) is 5.75 Å². The van der Waals surface area contributed by atoms with E-state index >= 15 is 0 Å². The van der Waals surface area contributed by atoms with Gasteiger partial charge in [-0.3, -0.25) is 4.31 Å². The molecular weight excluding hydrogens is 406 g/mol. The molecule has 0 aliphatic carbocycles. The van der Waals surface area contributed by atoms with E-state index in [4.69, 9.17) is 0 Å². The molecule has 3 N–H and O–H groups in total. The molecule has 2 aromatic rings. The summed E-state index contributed by atoms with van der Waals surface area (Å²) in [6, 6.07) is 11.4. The number of phenols is 1. The number of rotatable bonds is 5. The van der Waals surface area contributed by atoms with E-state index in [9.17, 15) is 27.0 Å². The third kappa shape index (κ3) is 3.85. The minimum Gasteiger partial charge on any atom is -0.506 e. The van der Waals surface area contributed by atoms with Crippen LogP contribution in [0.3, 0.4) is 0 Å². The van der Waals surface area contributed by atoms with Crippen molar-refractivity contribution in [2.75, 3.05) is 21.9 Å². The molecule has 0 fully saturated rings. The first-order valence-corrected chi connectivity index (χ1v) is 11.3. The Hall–Kier alpha value is -2.92. The molecule has 0 bridgehead atoms. The summed E-state index contributed by atoms with van der Waals surface area (Å²) in [6.45, 7) is 0. The number of hydrogen-bond donors (Lipinski definition) is 3. The fourth-order valence-electron chi connectivity index (χ4n) is 2.82. The minimum atomic E-state index is -4.01. The first kappa shape index (κ1) is 19.8. The number of aliphatic hydroxyl groups is 1. The highest BCUT2D eigenvalue weighted by Gasteiger charge is 2.30. The number of para-hydroxylation sites is 1. The van der Waals surface area contributed by atoms with Crippen molar-refractivity contribution < 1.29 is 27.0 Å². The monoisotopic (exact) mass is 425 g/mol. The standard InChI is InChI=1S/C17H19N3O6S2/c1-19(27(2,23)24)14-6-4-3-5-13(14)9-12-7-8-15(16(21)10-12)20-11-17(22)18-28(20,25)26/h3-8,10-11,18,21-22H,9H2,1-2H3. The molecule has 11 heteroatoms. The smallest absolute Gasteiger partial charge is 0.330 e. The average molecular weight is 425 g/mol. The van der Waals surface area contributed by atoms with E-state index in [1.165, 1.54) is 23.5 Å². The van der Waals surface area contributed by atoms with Crippen LogP contribution < -0.4 is 13.3 Å². The SMILES string of the molecule is CN(c1ccccc1Cc1ccc(N2C=C(O)NS2(=O)=O)c(O)c1)S(C)(=O)=O. The first-order chi connectivity index (χ1) is 13.0. The largest absolute Gasteiger partial charge is 0.506 e. The molecule has 28 heavy (non-hydrogen) atoms. The molecule has 0 radical (unpaired) electrons. The van der Waals surface area contributed by atoms with Gasteiger partial charge in [0.2, 0.25) is 15.9 Å². The summed E-state index contributed by atoms with van der Waals surface area (Å²) < 4.78 is 51.4. The van der Waals surface area contributed by atoms with Crippen molar-refractivity contribution in [1.29, 1.82) is 0 Å². The van der Waals surface area contributed by atoms with Gasteiger partial charge >= 0.3 is 10.2 Å². The summed E-state index contributed by atoms with van der Waals surface area (Å²) in [5, 5.41) is 19.7. The minimum absolute atomic E-state index is 0.0261. The van der Waals surface area contributed by atoms with E-state index in [0.717, 1.165) is 22.3 Å². The highest BCUT2D eigenvalue weighted by Crippen LogP contribution is 2.33. The van der Waals surface area contributed by atoms with Gasteiger partial charge in [0.25, 0.3) is 0 Å². The number of sulfonamides is 1. The highest BCUT2D eigenvalue weighted by atomic mass is 32.2. The second-order valence-electron chi connectivity index (χ2n) is 6.28. The molecule has 150 valence electrons. The number of phenolic OH excluding ortho intramolecular Hbond substituents is 1. The van der Waals surface area contributed by atoms with Crippen molar-refractivity contribution in [1.82, 2.24) is 4.72 Å². The van der Waals surface area contributed by atoms with Crippen molar-refractivity contribution in [2.45, 2.75) is 6.42 Å². The molecular formula is C17H19N3O6S2. The van der Waals surface area contributed by atoms with Crippen molar-refractivity contribution >= 4 is 31.6 Å². The topological polar surface area (TPSA) is 127 Å². The van der Waals surface area contributed by atoms with Gasteiger partial charge in [-0.15, -0.1) is 0 Å². The number of nitrogens with zero attached hydrogens (tertiary/aromatic N) is 2. The Morgan fingerprint density at radius 1 is 1.14 bits per heavy atom. The van der Waals surface area contributed by atoms with Crippen LogP contribution in [0.5, 0.6) is 5.75 Å². The third-order valence-electron chi connectivity index (χ3n) is 4.23. The molecule has 1 aliphatic rings. The van der Waals surface area contributed by atoms with E-state index in [1.807, 2.05) is 4.72 Å². The van der Waals surface area contributed by atoms with Gasteiger partial charge in [-0.05, 0) is 35.7 Å². The molecule has 0 amide bonds. The zero-order valence-electron chi connectivity index (χ0n) is 15.1. The molecule has 3 rings (SSSR count). The van der Waals surface area contributed by atoms with Gasteiger partial charge in [0.1, 0.15) is 11.4 Å². The normalized spacial score (nSPS) is 15.8. The van der Waals surface area contributed by atoms with E-state index in [0.29, 0.717) is 17.7 Å². The zero-order chi connectivity index (χ0) is 20.7. The summed E-state index contributed by atoms with van der Waals surface area (Å²) in [5.74, 6) is -0.857.